The monoisotopic (exact) mass is 282 g/mol. The number of carboxylic acid groups (broad SMARTS) is 1. The molecule has 19 heavy (non-hydrogen) atoms. The second-order valence-corrected chi connectivity index (χ2v) is 4.63. The van der Waals surface area contributed by atoms with Crippen LogP contribution in [-0.4, -0.2) is 31.2 Å². The van der Waals surface area contributed by atoms with E-state index in [1.807, 2.05) is 0 Å². The number of hydrogen-bond donors (Lipinski definition) is 2. The molecular weight excluding hydrogens is 272 g/mol. The van der Waals surface area contributed by atoms with Gasteiger partial charge in [0.15, 0.2) is 5.82 Å². The third-order valence-corrected chi connectivity index (χ3v) is 3.18. The summed E-state index contributed by atoms with van der Waals surface area (Å²) in [5, 5.41) is 12.9. The van der Waals surface area contributed by atoms with Gasteiger partial charge in [-0.2, -0.15) is 9.97 Å². The molecular formula is C10H10N4O4S. The van der Waals surface area contributed by atoms with Gasteiger partial charge in [0.1, 0.15) is 10.6 Å². The number of nitrogens with one attached hydrogen (secondary N) is 1. The number of aromatic amines is 1. The number of aryl methyl sites for hydroxylation is 2. The minimum absolute atomic E-state index is 0.0233. The van der Waals surface area contributed by atoms with E-state index in [9.17, 15) is 9.59 Å². The van der Waals surface area contributed by atoms with E-state index in [0.29, 0.717) is 11.7 Å². The van der Waals surface area contributed by atoms with Crippen LogP contribution in [-0.2, 0) is 5.75 Å². The summed E-state index contributed by atoms with van der Waals surface area (Å²) in [4.78, 5) is 32.4. The van der Waals surface area contributed by atoms with Crippen LogP contribution >= 0.6 is 11.8 Å². The lowest BCUT2D eigenvalue weighted by Crippen LogP contribution is -2.18. The van der Waals surface area contributed by atoms with Crippen molar-refractivity contribution in [3.63, 3.8) is 0 Å². The van der Waals surface area contributed by atoms with Gasteiger partial charge in [-0.25, -0.2) is 9.59 Å². The Morgan fingerprint density at radius 2 is 2.16 bits per heavy atom. The van der Waals surface area contributed by atoms with E-state index in [1.54, 1.807) is 6.92 Å². The summed E-state index contributed by atoms with van der Waals surface area (Å²) in [5.41, 5.74) is -0.349. The van der Waals surface area contributed by atoms with Crippen molar-refractivity contribution in [3.05, 3.63) is 33.5 Å². The Kier molecular flexibility index (Phi) is 3.65. The molecule has 0 aliphatic carbocycles. The number of carbonyl (C=O) groups is 1. The van der Waals surface area contributed by atoms with Gasteiger partial charge in [0.25, 0.3) is 0 Å². The van der Waals surface area contributed by atoms with E-state index in [0.717, 1.165) is 11.8 Å². The van der Waals surface area contributed by atoms with Gasteiger partial charge in [0, 0.05) is 12.6 Å². The molecule has 0 atom stereocenters. The average Bonchev–Trinajstić information content (AvgIpc) is 2.71. The van der Waals surface area contributed by atoms with Crippen molar-refractivity contribution in [1.82, 2.24) is 20.1 Å². The number of aromatic carboxylic acids is 1. The molecule has 0 unspecified atom stereocenters. The fourth-order valence-corrected chi connectivity index (χ4v) is 2.36. The first kappa shape index (κ1) is 13.3. The third-order valence-electron chi connectivity index (χ3n) is 2.21. The maximum Gasteiger partial charge on any atom is 0.346 e. The quantitative estimate of drug-likeness (QED) is 0.622. The second-order valence-electron chi connectivity index (χ2n) is 3.67. The molecule has 0 bridgehead atoms. The number of rotatable bonds is 4. The van der Waals surface area contributed by atoms with E-state index in [1.165, 1.54) is 6.92 Å². The molecule has 2 heterocycles. The number of carboxylic acids is 1. The van der Waals surface area contributed by atoms with Gasteiger partial charge in [-0.3, -0.25) is 0 Å². The highest BCUT2D eigenvalue weighted by molar-refractivity contribution is 7.98. The minimum Gasteiger partial charge on any atom is -0.478 e. The maximum absolute atomic E-state index is 11.3. The van der Waals surface area contributed by atoms with Crippen molar-refractivity contribution < 1.29 is 14.4 Å². The SMILES string of the molecule is Cc1nc(CSc2nc(=O)[nH]c(C)c2C(=O)O)no1. The van der Waals surface area contributed by atoms with E-state index < -0.39 is 11.7 Å². The van der Waals surface area contributed by atoms with Gasteiger partial charge >= 0.3 is 11.7 Å². The Labute approximate surface area is 111 Å². The standard InChI is InChI=1S/C10H10N4O4S/c1-4-7(9(15)16)8(13-10(17)11-4)19-3-6-12-5(2)18-14-6/h3H2,1-2H3,(H,15,16)(H,11,13,17). The van der Waals surface area contributed by atoms with Crippen LogP contribution in [0, 0.1) is 13.8 Å². The third kappa shape index (κ3) is 2.99. The van der Waals surface area contributed by atoms with E-state index in [2.05, 4.69) is 20.1 Å². The molecule has 100 valence electrons. The fourth-order valence-electron chi connectivity index (χ4n) is 1.45. The zero-order valence-corrected chi connectivity index (χ0v) is 10.9. The molecule has 8 nitrogen and oxygen atoms in total. The number of nitrogens with zero attached hydrogens (tertiary/aromatic N) is 3. The van der Waals surface area contributed by atoms with Crippen LogP contribution in [0.2, 0.25) is 0 Å². The van der Waals surface area contributed by atoms with Crippen molar-refractivity contribution >= 4 is 17.7 Å². The molecule has 2 rings (SSSR count). The summed E-state index contributed by atoms with van der Waals surface area (Å²) in [5.74, 6) is -0.0382. The largest absolute Gasteiger partial charge is 0.478 e. The smallest absolute Gasteiger partial charge is 0.346 e. The molecule has 2 aromatic rings. The highest BCUT2D eigenvalue weighted by Gasteiger charge is 2.17. The van der Waals surface area contributed by atoms with Gasteiger partial charge in [0.05, 0.1) is 5.75 Å². The van der Waals surface area contributed by atoms with E-state index in [-0.39, 0.29) is 22.0 Å². The predicted octanol–water partition coefficient (Wildman–Crippen LogP) is 0.760. The lowest BCUT2D eigenvalue weighted by atomic mass is 10.2. The number of H-pyrrole nitrogens is 1. The molecule has 0 saturated carbocycles. The van der Waals surface area contributed by atoms with Crippen LogP contribution in [0.4, 0.5) is 0 Å². The van der Waals surface area contributed by atoms with Crippen molar-refractivity contribution in [3.8, 4) is 0 Å². The summed E-state index contributed by atoms with van der Waals surface area (Å²) in [7, 11) is 0. The molecule has 0 aliphatic heterocycles. The molecule has 9 heteroatoms. The zero-order valence-electron chi connectivity index (χ0n) is 10.1. The van der Waals surface area contributed by atoms with Crippen molar-refractivity contribution in [2.75, 3.05) is 0 Å². The molecule has 0 saturated heterocycles. The minimum atomic E-state index is -1.15. The summed E-state index contributed by atoms with van der Waals surface area (Å²) < 4.78 is 4.80. The molecule has 2 N–H and O–H groups in total. The normalized spacial score (nSPS) is 10.6. The summed E-state index contributed by atoms with van der Waals surface area (Å²) in [6.45, 7) is 3.16. The Morgan fingerprint density at radius 1 is 1.42 bits per heavy atom. The highest BCUT2D eigenvalue weighted by atomic mass is 32.2. The predicted molar refractivity (Wildman–Crippen MR) is 65.2 cm³/mol. The second kappa shape index (κ2) is 5.22. The van der Waals surface area contributed by atoms with E-state index in [4.69, 9.17) is 9.63 Å². The average molecular weight is 282 g/mol. The van der Waals surface area contributed by atoms with Gasteiger partial charge < -0.3 is 14.6 Å². The zero-order chi connectivity index (χ0) is 14.0. The molecule has 0 fully saturated rings. The Bertz CT molecular complexity index is 678. The van der Waals surface area contributed by atoms with Crippen LogP contribution in [0.5, 0.6) is 0 Å². The molecule has 0 aromatic carbocycles. The lowest BCUT2D eigenvalue weighted by molar-refractivity contribution is 0.0690. The number of aromatic nitrogens is 4. The Hall–Kier alpha value is -2.16. The van der Waals surface area contributed by atoms with Crippen LogP contribution in [0.15, 0.2) is 14.3 Å². The molecule has 0 radical (unpaired) electrons. The van der Waals surface area contributed by atoms with Crippen LogP contribution in [0.3, 0.4) is 0 Å². The first-order valence-electron chi connectivity index (χ1n) is 5.23. The van der Waals surface area contributed by atoms with Crippen LogP contribution in [0.1, 0.15) is 27.8 Å². The first-order chi connectivity index (χ1) is 8.97. The van der Waals surface area contributed by atoms with Crippen molar-refractivity contribution in [2.45, 2.75) is 24.6 Å². The molecule has 0 amide bonds. The summed E-state index contributed by atoms with van der Waals surface area (Å²) in [6, 6.07) is 0. The molecule has 0 aliphatic rings. The van der Waals surface area contributed by atoms with Crippen LogP contribution in [0.25, 0.3) is 0 Å². The van der Waals surface area contributed by atoms with Crippen molar-refractivity contribution in [1.29, 1.82) is 0 Å². The van der Waals surface area contributed by atoms with Crippen LogP contribution < -0.4 is 5.69 Å². The van der Waals surface area contributed by atoms with Gasteiger partial charge in [-0.1, -0.05) is 16.9 Å². The Balaban J connectivity index is 2.28. The number of thioether (sulfide) groups is 1. The van der Waals surface area contributed by atoms with Gasteiger partial charge in [0.2, 0.25) is 5.89 Å². The Morgan fingerprint density at radius 3 is 2.74 bits per heavy atom. The summed E-state index contributed by atoms with van der Waals surface area (Å²) in [6.07, 6.45) is 0. The maximum atomic E-state index is 11.3. The molecule has 0 spiro atoms. The van der Waals surface area contributed by atoms with Crippen molar-refractivity contribution in [2.24, 2.45) is 0 Å². The van der Waals surface area contributed by atoms with Gasteiger partial charge in [-0.15, -0.1) is 0 Å². The number of hydrogen-bond acceptors (Lipinski definition) is 7. The topological polar surface area (TPSA) is 122 Å². The summed E-state index contributed by atoms with van der Waals surface area (Å²) >= 11 is 1.07. The first-order valence-corrected chi connectivity index (χ1v) is 6.22. The molecule has 2 aromatic heterocycles. The lowest BCUT2D eigenvalue weighted by Gasteiger charge is -2.05. The van der Waals surface area contributed by atoms with Gasteiger partial charge in [-0.05, 0) is 6.92 Å². The van der Waals surface area contributed by atoms with E-state index >= 15 is 0 Å². The highest BCUT2D eigenvalue weighted by Crippen LogP contribution is 2.23. The fraction of sp³-hybridized carbons (Fsp3) is 0.300.